The molecule has 1 saturated carbocycles. The predicted molar refractivity (Wildman–Crippen MR) is 187 cm³/mol. The lowest BCUT2D eigenvalue weighted by atomic mass is 9.66. The Hall–Kier alpha value is -3.07. The number of allylic oxidation sites excluding steroid dienone is 1. The third-order valence-electron chi connectivity index (χ3n) is 10.9. The van der Waals surface area contributed by atoms with Gasteiger partial charge in [0.1, 0.15) is 5.75 Å². The van der Waals surface area contributed by atoms with Gasteiger partial charge in [-0.15, -0.1) is 0 Å². The summed E-state index contributed by atoms with van der Waals surface area (Å²) in [4.78, 5) is 23.9. The Labute approximate surface area is 287 Å². The van der Waals surface area contributed by atoms with Crippen LogP contribution >= 0.6 is 23.4 Å². The van der Waals surface area contributed by atoms with Crippen molar-refractivity contribution in [2.75, 3.05) is 44.6 Å². The number of hydrogen-bond acceptors (Lipinski definition) is 8. The van der Waals surface area contributed by atoms with Crippen molar-refractivity contribution in [3.63, 3.8) is 0 Å². The standard InChI is InChI=1S/C38H44ClN3O4S/c1-44-35(26-8-6-25(7-9-26)22-47-37-40-17-4-18-41-37)31-13-10-29(31)21-42-23-38(16-3-5-27-19-30(39)12-14-32(27)38)24-46-34-15-11-28(20-33(34)42)36(43)45-2/h4,8,11-12,14-15,17-20,25,29,31,35H,3,5-7,9-10,13,16,21-24H2,1-2H3/t25-,29+,31-,35-,38+/m1/s1. The van der Waals surface area contributed by atoms with Crippen molar-refractivity contribution < 1.29 is 19.0 Å². The summed E-state index contributed by atoms with van der Waals surface area (Å²) in [6, 6.07) is 14.0. The van der Waals surface area contributed by atoms with Gasteiger partial charge >= 0.3 is 5.97 Å². The Morgan fingerprint density at radius 3 is 2.74 bits per heavy atom. The highest BCUT2D eigenvalue weighted by molar-refractivity contribution is 7.99. The number of benzene rings is 2. The lowest BCUT2D eigenvalue weighted by molar-refractivity contribution is 0.00323. The summed E-state index contributed by atoms with van der Waals surface area (Å²) in [6.07, 6.45) is 15.0. The summed E-state index contributed by atoms with van der Waals surface area (Å²) in [7, 11) is 3.32. The van der Waals surface area contributed by atoms with E-state index in [1.54, 1.807) is 11.8 Å². The van der Waals surface area contributed by atoms with Gasteiger partial charge in [-0.25, -0.2) is 14.8 Å². The number of aromatic nitrogens is 2. The van der Waals surface area contributed by atoms with Crippen molar-refractivity contribution in [2.45, 2.75) is 68.0 Å². The van der Waals surface area contributed by atoms with Gasteiger partial charge in [-0.05, 0) is 122 Å². The lowest BCUT2D eigenvalue weighted by Crippen LogP contribution is -2.50. The summed E-state index contributed by atoms with van der Waals surface area (Å²) in [6.45, 7) is 2.31. The van der Waals surface area contributed by atoms with Gasteiger partial charge in [-0.1, -0.05) is 35.5 Å². The number of fused-ring (bicyclic) bond motifs is 3. The molecule has 4 aliphatic rings. The van der Waals surface area contributed by atoms with Crippen LogP contribution < -0.4 is 9.64 Å². The van der Waals surface area contributed by atoms with Crippen molar-refractivity contribution in [3.05, 3.63) is 88.2 Å². The van der Waals surface area contributed by atoms with Gasteiger partial charge in [0.15, 0.2) is 5.16 Å². The second-order valence-electron chi connectivity index (χ2n) is 13.7. The highest BCUT2D eigenvalue weighted by Crippen LogP contribution is 2.48. The number of carbonyl (C=O) groups is 1. The molecule has 1 aliphatic heterocycles. The van der Waals surface area contributed by atoms with Crippen molar-refractivity contribution >= 4 is 35.0 Å². The van der Waals surface area contributed by atoms with Crippen molar-refractivity contribution in [3.8, 4) is 5.75 Å². The Kier molecular flexibility index (Phi) is 9.81. The fourth-order valence-corrected chi connectivity index (χ4v) is 9.49. The summed E-state index contributed by atoms with van der Waals surface area (Å²) in [5.74, 6) is 3.10. The minimum absolute atomic E-state index is 0.135. The van der Waals surface area contributed by atoms with Gasteiger partial charge in [0.05, 0.1) is 31.1 Å². The fraction of sp³-hybridized carbons (Fsp3) is 0.500. The maximum atomic E-state index is 12.6. The second kappa shape index (κ2) is 14.2. The van der Waals surface area contributed by atoms with Crippen LogP contribution in [-0.4, -0.2) is 61.7 Å². The molecule has 0 saturated heterocycles. The molecule has 1 spiro atoms. The maximum absolute atomic E-state index is 12.6. The number of ether oxygens (including phenoxy) is 3. The first-order valence-corrected chi connectivity index (χ1v) is 18.3. The van der Waals surface area contributed by atoms with E-state index in [-0.39, 0.29) is 17.5 Å². The summed E-state index contributed by atoms with van der Waals surface area (Å²) >= 11 is 8.21. The van der Waals surface area contributed by atoms with Crippen LogP contribution in [0.1, 0.15) is 66.4 Å². The first-order valence-electron chi connectivity index (χ1n) is 17.0. The number of hydrogen-bond donors (Lipinski definition) is 0. The van der Waals surface area contributed by atoms with Crippen molar-refractivity contribution in [1.82, 2.24) is 9.97 Å². The molecule has 3 aromatic rings. The number of anilines is 1. The van der Waals surface area contributed by atoms with E-state index in [4.69, 9.17) is 25.8 Å². The van der Waals surface area contributed by atoms with Crippen LogP contribution in [0.3, 0.4) is 0 Å². The number of rotatable bonds is 9. The fourth-order valence-electron chi connectivity index (χ4n) is 8.33. The van der Waals surface area contributed by atoms with E-state index in [1.807, 2.05) is 49.8 Å². The normalized spacial score (nSPS) is 25.8. The van der Waals surface area contributed by atoms with Gasteiger partial charge < -0.3 is 19.1 Å². The zero-order valence-corrected chi connectivity index (χ0v) is 28.9. The molecule has 1 aromatic heterocycles. The number of methoxy groups -OCH3 is 2. The van der Waals surface area contributed by atoms with Gasteiger partial charge in [-0.3, -0.25) is 0 Å². The van der Waals surface area contributed by atoms with Crippen LogP contribution in [0.4, 0.5) is 5.69 Å². The summed E-state index contributed by atoms with van der Waals surface area (Å²) in [5, 5.41) is 1.64. The van der Waals surface area contributed by atoms with E-state index in [0.717, 1.165) is 85.4 Å². The molecule has 2 aromatic carbocycles. The Morgan fingerprint density at radius 2 is 2.00 bits per heavy atom. The molecule has 5 atom stereocenters. The van der Waals surface area contributed by atoms with E-state index in [2.05, 4.69) is 33.1 Å². The molecule has 0 unspecified atom stereocenters. The van der Waals surface area contributed by atoms with Gasteiger partial charge in [0.2, 0.25) is 0 Å². The molecule has 1 fully saturated rings. The molecule has 0 bridgehead atoms. The molecular formula is C38H44ClN3O4S. The van der Waals surface area contributed by atoms with Crippen molar-refractivity contribution in [1.29, 1.82) is 0 Å². The van der Waals surface area contributed by atoms with Crippen LogP contribution in [-0.2, 0) is 21.3 Å². The summed E-state index contributed by atoms with van der Waals surface area (Å²) < 4.78 is 18.0. The predicted octanol–water partition coefficient (Wildman–Crippen LogP) is 7.95. The zero-order valence-electron chi connectivity index (χ0n) is 27.3. The third kappa shape index (κ3) is 6.79. The molecule has 0 radical (unpaired) electrons. The van der Waals surface area contributed by atoms with E-state index in [1.165, 1.54) is 30.2 Å². The molecule has 7 rings (SSSR count). The van der Waals surface area contributed by atoms with Crippen LogP contribution in [0.2, 0.25) is 5.02 Å². The summed E-state index contributed by atoms with van der Waals surface area (Å²) in [5.41, 5.74) is 5.49. The smallest absolute Gasteiger partial charge is 0.337 e. The van der Waals surface area contributed by atoms with Gasteiger partial charge in [0.25, 0.3) is 0 Å². The number of nitrogens with zero attached hydrogens (tertiary/aromatic N) is 3. The number of thioether (sulfide) groups is 1. The largest absolute Gasteiger partial charge is 0.490 e. The Bertz CT molecular complexity index is 1620. The van der Waals surface area contributed by atoms with E-state index in [9.17, 15) is 4.79 Å². The maximum Gasteiger partial charge on any atom is 0.337 e. The third-order valence-corrected chi connectivity index (χ3v) is 12.3. The Morgan fingerprint density at radius 1 is 1.13 bits per heavy atom. The molecular weight excluding hydrogens is 630 g/mol. The van der Waals surface area contributed by atoms with Crippen LogP contribution in [0, 0.1) is 17.8 Å². The zero-order chi connectivity index (χ0) is 32.4. The average Bonchev–Trinajstić information content (AvgIpc) is 3.25. The molecule has 248 valence electrons. The first-order chi connectivity index (χ1) is 23.0. The number of aryl methyl sites for hydroxylation is 1. The average molecular weight is 674 g/mol. The van der Waals surface area contributed by atoms with Crippen LogP contribution in [0.5, 0.6) is 5.75 Å². The van der Waals surface area contributed by atoms with Crippen molar-refractivity contribution in [2.24, 2.45) is 17.8 Å². The topological polar surface area (TPSA) is 73.8 Å². The second-order valence-corrected chi connectivity index (χ2v) is 15.1. The Balaban J connectivity index is 1.11. The van der Waals surface area contributed by atoms with Crippen LogP contribution in [0.15, 0.2) is 71.7 Å². The lowest BCUT2D eigenvalue weighted by Gasteiger charge is -2.47. The van der Waals surface area contributed by atoms with E-state index in [0.29, 0.717) is 29.9 Å². The molecule has 9 heteroatoms. The van der Waals surface area contributed by atoms with Crippen LogP contribution in [0.25, 0.3) is 0 Å². The number of carbonyl (C=O) groups excluding carboxylic acids is 1. The highest BCUT2D eigenvalue weighted by atomic mass is 35.5. The van der Waals surface area contributed by atoms with Gasteiger partial charge in [0, 0.05) is 48.8 Å². The van der Waals surface area contributed by atoms with E-state index < -0.39 is 0 Å². The quantitative estimate of drug-likeness (QED) is 0.0981. The molecule has 0 N–H and O–H groups in total. The molecule has 2 heterocycles. The molecule has 7 nitrogen and oxygen atoms in total. The van der Waals surface area contributed by atoms with E-state index >= 15 is 0 Å². The number of esters is 1. The minimum Gasteiger partial charge on any atom is -0.490 e. The molecule has 0 amide bonds. The number of halogens is 1. The monoisotopic (exact) mass is 673 g/mol. The highest BCUT2D eigenvalue weighted by Gasteiger charge is 2.45. The molecule has 3 aliphatic carbocycles. The molecule has 47 heavy (non-hydrogen) atoms. The SMILES string of the molecule is COC(=O)c1ccc2c(c1)N(C[C@@H]1CC[C@H]1[C@H](OC)C1=CC[C@@H](CSc3ncccn3)CC1)C[C@@]1(CCCc3cc(Cl)ccc31)CO2. The van der Waals surface area contributed by atoms with Gasteiger partial charge in [-0.2, -0.15) is 0 Å². The minimum atomic E-state index is -0.331. The first kappa shape index (κ1) is 32.5.